The van der Waals surface area contributed by atoms with Gasteiger partial charge in [-0.1, -0.05) is 25.1 Å². The molecule has 1 aliphatic heterocycles. The predicted octanol–water partition coefficient (Wildman–Crippen LogP) is 2.78. The Balaban J connectivity index is 1.70. The number of ketones is 1. The maximum atomic E-state index is 13.0. The molecule has 2 aromatic carbocycles. The molecule has 1 fully saturated rings. The first-order valence-electron chi connectivity index (χ1n) is 9.96. The maximum absolute atomic E-state index is 13.0. The van der Waals surface area contributed by atoms with Crippen molar-refractivity contribution >= 4 is 29.3 Å². The third-order valence-corrected chi connectivity index (χ3v) is 5.20. The molecule has 0 aromatic heterocycles. The molecule has 2 N–H and O–H groups in total. The van der Waals surface area contributed by atoms with Gasteiger partial charge in [0.15, 0.2) is 5.78 Å². The number of amides is 4. The third-order valence-electron chi connectivity index (χ3n) is 5.20. The van der Waals surface area contributed by atoms with E-state index in [0.717, 1.165) is 10.5 Å². The van der Waals surface area contributed by atoms with Crippen LogP contribution in [0.3, 0.4) is 0 Å². The first-order valence-corrected chi connectivity index (χ1v) is 9.96. The Morgan fingerprint density at radius 3 is 2.42 bits per heavy atom. The summed E-state index contributed by atoms with van der Waals surface area (Å²) >= 11 is 0. The van der Waals surface area contributed by atoms with Crippen LogP contribution in [-0.2, 0) is 16.0 Å². The summed E-state index contributed by atoms with van der Waals surface area (Å²) in [6, 6.07) is 13.0. The molecule has 0 bridgehead atoms. The summed E-state index contributed by atoms with van der Waals surface area (Å²) in [6.45, 7) is 3.01. The van der Waals surface area contributed by atoms with Gasteiger partial charge in [-0.25, -0.2) is 4.79 Å². The van der Waals surface area contributed by atoms with Gasteiger partial charge in [-0.15, -0.1) is 0 Å². The number of nitrogens with one attached hydrogen (secondary N) is 2. The zero-order chi connectivity index (χ0) is 22.6. The molecule has 1 heterocycles. The monoisotopic (exact) mass is 423 g/mol. The van der Waals surface area contributed by atoms with Crippen molar-refractivity contribution in [2.24, 2.45) is 0 Å². The Morgan fingerprint density at radius 2 is 1.77 bits per heavy atom. The van der Waals surface area contributed by atoms with Gasteiger partial charge in [0.2, 0.25) is 5.91 Å². The number of methoxy groups -OCH3 is 1. The molecule has 0 spiro atoms. The second-order valence-corrected chi connectivity index (χ2v) is 7.54. The number of carbonyl (C=O) groups excluding carboxylic acids is 4. The van der Waals surface area contributed by atoms with Crippen LogP contribution in [0.5, 0.6) is 5.75 Å². The average molecular weight is 423 g/mol. The van der Waals surface area contributed by atoms with Crippen molar-refractivity contribution in [1.82, 2.24) is 10.2 Å². The van der Waals surface area contributed by atoms with Crippen LogP contribution in [0.25, 0.3) is 0 Å². The Bertz CT molecular complexity index is 1020. The maximum Gasteiger partial charge on any atom is 0.325 e. The van der Waals surface area contributed by atoms with E-state index in [1.54, 1.807) is 51.3 Å². The van der Waals surface area contributed by atoms with Crippen LogP contribution in [0.1, 0.15) is 36.2 Å². The molecule has 0 aliphatic carbocycles. The van der Waals surface area contributed by atoms with Gasteiger partial charge in [0.1, 0.15) is 11.3 Å². The molecule has 31 heavy (non-hydrogen) atoms. The highest BCUT2D eigenvalue weighted by Gasteiger charge is 2.48. The molecule has 0 unspecified atom stereocenters. The summed E-state index contributed by atoms with van der Waals surface area (Å²) in [5.74, 6) is -0.356. The van der Waals surface area contributed by atoms with Crippen molar-refractivity contribution < 1.29 is 23.9 Å². The fourth-order valence-electron chi connectivity index (χ4n) is 3.46. The normalized spacial score (nSPS) is 18.0. The Kier molecular flexibility index (Phi) is 6.39. The zero-order valence-corrected chi connectivity index (χ0v) is 17.7. The van der Waals surface area contributed by atoms with E-state index in [9.17, 15) is 19.2 Å². The lowest BCUT2D eigenvalue weighted by atomic mass is 9.92. The molecule has 8 nitrogen and oxygen atoms in total. The number of carbonyl (C=O) groups is 4. The number of hydrogen-bond acceptors (Lipinski definition) is 5. The van der Waals surface area contributed by atoms with Crippen LogP contribution >= 0.6 is 0 Å². The fourth-order valence-corrected chi connectivity index (χ4v) is 3.46. The average Bonchev–Trinajstić information content (AvgIpc) is 2.97. The van der Waals surface area contributed by atoms with Gasteiger partial charge in [-0.05, 0) is 42.8 Å². The van der Waals surface area contributed by atoms with Crippen molar-refractivity contribution in [2.45, 2.75) is 32.2 Å². The SMILES string of the molecule is CCC(=O)Nc1ccc(C(=O)CN2C(=O)N[C@@](C)(Cc3ccccc3OC)C2=O)cc1. The lowest BCUT2D eigenvalue weighted by Gasteiger charge is -2.22. The number of anilines is 1. The first-order chi connectivity index (χ1) is 14.8. The predicted molar refractivity (Wildman–Crippen MR) is 115 cm³/mol. The summed E-state index contributed by atoms with van der Waals surface area (Å²) in [5.41, 5.74) is 0.510. The van der Waals surface area contributed by atoms with Crippen molar-refractivity contribution in [3.05, 3.63) is 59.7 Å². The van der Waals surface area contributed by atoms with E-state index < -0.39 is 17.5 Å². The van der Waals surface area contributed by atoms with Gasteiger partial charge in [-0.2, -0.15) is 0 Å². The summed E-state index contributed by atoms with van der Waals surface area (Å²) in [4.78, 5) is 50.6. The molecule has 1 aliphatic rings. The minimum Gasteiger partial charge on any atom is -0.496 e. The van der Waals surface area contributed by atoms with Gasteiger partial charge >= 0.3 is 6.03 Å². The number of imide groups is 1. The van der Waals surface area contributed by atoms with Crippen molar-refractivity contribution in [2.75, 3.05) is 19.0 Å². The minimum atomic E-state index is -1.18. The molecule has 3 rings (SSSR count). The molecule has 0 radical (unpaired) electrons. The van der Waals surface area contributed by atoms with E-state index in [-0.39, 0.29) is 24.7 Å². The lowest BCUT2D eigenvalue weighted by molar-refractivity contribution is -0.130. The molecule has 2 aromatic rings. The largest absolute Gasteiger partial charge is 0.496 e. The summed E-state index contributed by atoms with van der Waals surface area (Å²) in [7, 11) is 1.54. The number of hydrogen-bond donors (Lipinski definition) is 2. The van der Waals surface area contributed by atoms with Crippen LogP contribution in [0.4, 0.5) is 10.5 Å². The standard InChI is InChI=1S/C23H25N3O5/c1-4-20(28)24-17-11-9-15(10-12-17)18(27)14-26-21(29)23(2,25-22(26)30)13-16-7-5-6-8-19(16)31-3/h5-12H,4,13-14H2,1-3H3,(H,24,28)(H,25,30)/t23-/m0/s1. The second kappa shape index (κ2) is 8.99. The molecule has 162 valence electrons. The highest BCUT2D eigenvalue weighted by atomic mass is 16.5. The zero-order valence-electron chi connectivity index (χ0n) is 17.7. The highest BCUT2D eigenvalue weighted by Crippen LogP contribution is 2.27. The minimum absolute atomic E-state index is 0.132. The van der Waals surface area contributed by atoms with Gasteiger partial charge in [0.25, 0.3) is 5.91 Å². The number of nitrogens with zero attached hydrogens (tertiary/aromatic N) is 1. The van der Waals surface area contributed by atoms with Crippen LogP contribution < -0.4 is 15.4 Å². The van der Waals surface area contributed by atoms with Crippen LogP contribution in [-0.4, -0.2) is 47.7 Å². The van der Waals surface area contributed by atoms with E-state index in [1.165, 1.54) is 0 Å². The second-order valence-electron chi connectivity index (χ2n) is 7.54. The lowest BCUT2D eigenvalue weighted by Crippen LogP contribution is -2.46. The molecule has 8 heteroatoms. The molecular weight excluding hydrogens is 398 g/mol. The van der Waals surface area contributed by atoms with Crippen LogP contribution in [0.15, 0.2) is 48.5 Å². The van der Waals surface area contributed by atoms with E-state index in [2.05, 4.69) is 10.6 Å². The van der Waals surface area contributed by atoms with Gasteiger partial charge < -0.3 is 15.4 Å². The van der Waals surface area contributed by atoms with Gasteiger partial charge in [0.05, 0.1) is 13.7 Å². The first kappa shape index (κ1) is 22.0. The third kappa shape index (κ3) is 4.74. The fraction of sp³-hybridized carbons (Fsp3) is 0.304. The van der Waals surface area contributed by atoms with Crippen molar-refractivity contribution in [3.63, 3.8) is 0 Å². The van der Waals surface area contributed by atoms with E-state index in [4.69, 9.17) is 4.74 Å². The topological polar surface area (TPSA) is 105 Å². The number of para-hydroxylation sites is 1. The number of rotatable bonds is 8. The molecule has 1 saturated heterocycles. The number of ether oxygens (including phenoxy) is 1. The Morgan fingerprint density at radius 1 is 1.10 bits per heavy atom. The van der Waals surface area contributed by atoms with Crippen molar-refractivity contribution in [3.8, 4) is 5.75 Å². The number of Topliss-reactive ketones (excluding diaryl/α,β-unsaturated/α-hetero) is 1. The quantitative estimate of drug-likeness (QED) is 0.502. The molecule has 1 atom stereocenters. The van der Waals surface area contributed by atoms with E-state index >= 15 is 0 Å². The summed E-state index contributed by atoms with van der Waals surface area (Å²) < 4.78 is 5.33. The number of benzene rings is 2. The van der Waals surface area contributed by atoms with Crippen LogP contribution in [0.2, 0.25) is 0 Å². The van der Waals surface area contributed by atoms with Crippen LogP contribution in [0, 0.1) is 0 Å². The van der Waals surface area contributed by atoms with Gasteiger partial charge in [0, 0.05) is 24.1 Å². The molecule has 4 amide bonds. The summed E-state index contributed by atoms with van der Waals surface area (Å²) in [5, 5.41) is 5.41. The Labute approximate surface area is 180 Å². The van der Waals surface area contributed by atoms with Crippen molar-refractivity contribution in [1.29, 1.82) is 0 Å². The summed E-state index contributed by atoms with van der Waals surface area (Å²) in [6.07, 6.45) is 0.582. The van der Waals surface area contributed by atoms with E-state index in [1.807, 2.05) is 18.2 Å². The molecular formula is C23H25N3O5. The van der Waals surface area contributed by atoms with Gasteiger partial charge in [-0.3, -0.25) is 19.3 Å². The highest BCUT2D eigenvalue weighted by molar-refractivity contribution is 6.11. The molecule has 0 saturated carbocycles. The van der Waals surface area contributed by atoms with E-state index in [0.29, 0.717) is 23.4 Å². The number of urea groups is 1. The smallest absolute Gasteiger partial charge is 0.325 e. The Hall–Kier alpha value is -3.68.